The maximum absolute atomic E-state index is 13.2. The number of anilines is 1. The van der Waals surface area contributed by atoms with Crippen LogP contribution in [0.3, 0.4) is 0 Å². The van der Waals surface area contributed by atoms with Gasteiger partial charge in [-0.25, -0.2) is 9.78 Å². The molecule has 0 saturated carbocycles. The number of benzene rings is 2. The highest BCUT2D eigenvalue weighted by atomic mass is 35.5. The third-order valence-corrected chi connectivity index (χ3v) is 7.86. The van der Waals surface area contributed by atoms with E-state index in [1.54, 1.807) is 19.2 Å². The summed E-state index contributed by atoms with van der Waals surface area (Å²) in [4.78, 5) is 43.2. The number of aromatic nitrogens is 3. The van der Waals surface area contributed by atoms with E-state index in [1.807, 2.05) is 31.2 Å². The number of fused-ring (bicyclic) bond motifs is 1. The van der Waals surface area contributed by atoms with Crippen LogP contribution in [-0.4, -0.2) is 38.3 Å². The van der Waals surface area contributed by atoms with Crippen molar-refractivity contribution in [1.82, 2.24) is 14.1 Å². The molecule has 0 fully saturated rings. The fraction of sp³-hybridized carbons (Fsp3) is 0.290. The first-order chi connectivity index (χ1) is 19.6. The molecule has 4 aromatic rings. The number of hydrogen-bond donors (Lipinski definition) is 2. The van der Waals surface area contributed by atoms with Crippen LogP contribution in [0.25, 0.3) is 22.4 Å². The Morgan fingerprint density at radius 3 is 2.59 bits per heavy atom. The summed E-state index contributed by atoms with van der Waals surface area (Å²) >= 11 is 7.00. The molecule has 0 aliphatic heterocycles. The van der Waals surface area contributed by atoms with Gasteiger partial charge in [0.05, 0.1) is 30.5 Å². The predicted octanol–water partition coefficient (Wildman–Crippen LogP) is 4.37. The van der Waals surface area contributed by atoms with Crippen LogP contribution in [-0.2, 0) is 26.4 Å². The van der Waals surface area contributed by atoms with Gasteiger partial charge in [-0.3, -0.25) is 18.7 Å². The number of hydrogen-bond acceptors (Lipinski definition) is 6. The molecule has 2 N–H and O–H groups in total. The summed E-state index contributed by atoms with van der Waals surface area (Å²) in [6.45, 7) is 3.32. The fourth-order valence-corrected chi connectivity index (χ4v) is 5.66. The number of nitrogens with one attached hydrogen (secondary N) is 1. The van der Waals surface area contributed by atoms with Gasteiger partial charge in [-0.1, -0.05) is 41.9 Å². The van der Waals surface area contributed by atoms with Gasteiger partial charge in [0.25, 0.3) is 11.5 Å². The number of aliphatic hydroxyl groups is 1. The lowest BCUT2D eigenvalue weighted by Gasteiger charge is -2.17. The van der Waals surface area contributed by atoms with E-state index in [0.29, 0.717) is 16.6 Å². The van der Waals surface area contributed by atoms with Crippen molar-refractivity contribution in [3.63, 3.8) is 0 Å². The minimum Gasteiger partial charge on any atom is -0.481 e. The number of methoxy groups -OCH3 is 1. The van der Waals surface area contributed by atoms with Crippen molar-refractivity contribution >= 4 is 23.2 Å². The molecule has 1 aliphatic rings. The number of pyridine rings is 1. The van der Waals surface area contributed by atoms with Crippen molar-refractivity contribution in [3.8, 4) is 28.3 Å². The van der Waals surface area contributed by atoms with Crippen LogP contribution in [0.15, 0.2) is 58.3 Å². The largest absolute Gasteiger partial charge is 0.481 e. The van der Waals surface area contributed by atoms with Crippen LogP contribution in [0, 0.1) is 6.92 Å². The number of aryl methyl sites for hydroxylation is 1. The van der Waals surface area contributed by atoms with Gasteiger partial charge in [0.1, 0.15) is 5.56 Å². The van der Waals surface area contributed by atoms with Crippen molar-refractivity contribution in [1.29, 1.82) is 0 Å². The first-order valence-electron chi connectivity index (χ1n) is 13.4. The number of rotatable bonds is 7. The Morgan fingerprint density at radius 2 is 1.85 bits per heavy atom. The van der Waals surface area contributed by atoms with E-state index >= 15 is 0 Å². The van der Waals surface area contributed by atoms with Gasteiger partial charge in [-0.05, 0) is 61.9 Å². The third kappa shape index (κ3) is 5.30. The molecule has 2 aromatic carbocycles. The maximum Gasteiger partial charge on any atom is 0.330 e. The maximum atomic E-state index is 13.2. The second kappa shape index (κ2) is 11.3. The Bertz CT molecular complexity index is 1790. The fourth-order valence-electron chi connectivity index (χ4n) is 5.34. The highest BCUT2D eigenvalue weighted by molar-refractivity contribution is 6.36. The van der Waals surface area contributed by atoms with Crippen LogP contribution in [0.4, 0.5) is 5.69 Å². The van der Waals surface area contributed by atoms with Crippen molar-refractivity contribution in [3.05, 3.63) is 96.8 Å². The molecule has 1 amide bonds. The molecule has 2 heterocycles. The Labute approximate surface area is 242 Å². The lowest BCUT2D eigenvalue weighted by atomic mass is 9.96. The van der Waals surface area contributed by atoms with E-state index < -0.39 is 23.3 Å². The molecule has 212 valence electrons. The van der Waals surface area contributed by atoms with Crippen molar-refractivity contribution < 1.29 is 14.6 Å². The Hall–Kier alpha value is -4.21. The Kier molecular flexibility index (Phi) is 7.84. The average molecular weight is 575 g/mol. The average Bonchev–Trinajstić information content (AvgIpc) is 3.43. The Balaban J connectivity index is 1.51. The van der Waals surface area contributed by atoms with Gasteiger partial charge in [-0.2, -0.15) is 0 Å². The molecule has 0 unspecified atom stereocenters. The molecule has 0 spiro atoms. The molecule has 0 saturated heterocycles. The summed E-state index contributed by atoms with van der Waals surface area (Å²) < 4.78 is 7.59. The van der Waals surface area contributed by atoms with Crippen LogP contribution in [0.5, 0.6) is 5.88 Å². The highest BCUT2D eigenvalue weighted by Gasteiger charge is 2.22. The van der Waals surface area contributed by atoms with Gasteiger partial charge >= 0.3 is 5.69 Å². The summed E-state index contributed by atoms with van der Waals surface area (Å²) in [5.74, 6) is -0.0391. The smallest absolute Gasteiger partial charge is 0.330 e. The molecule has 9 nitrogen and oxygen atoms in total. The summed E-state index contributed by atoms with van der Waals surface area (Å²) in [6, 6.07) is 13.3. The Morgan fingerprint density at radius 1 is 1.15 bits per heavy atom. The molecule has 10 heteroatoms. The third-order valence-electron chi connectivity index (χ3n) is 7.45. The second-order valence-electron chi connectivity index (χ2n) is 10.3. The first-order valence-corrected chi connectivity index (χ1v) is 13.7. The molecule has 1 atom stereocenters. The van der Waals surface area contributed by atoms with Crippen LogP contribution >= 0.6 is 11.6 Å². The van der Waals surface area contributed by atoms with E-state index in [2.05, 4.69) is 11.4 Å². The van der Waals surface area contributed by atoms with E-state index in [-0.39, 0.29) is 12.1 Å². The number of carbonyl (C=O) groups is 1. The molecule has 0 radical (unpaired) electrons. The van der Waals surface area contributed by atoms with E-state index in [4.69, 9.17) is 21.3 Å². The highest BCUT2D eigenvalue weighted by Crippen LogP contribution is 2.40. The summed E-state index contributed by atoms with van der Waals surface area (Å²) in [7, 11) is 2.93. The second-order valence-corrected chi connectivity index (χ2v) is 10.7. The van der Waals surface area contributed by atoms with Crippen molar-refractivity contribution in [2.24, 2.45) is 7.05 Å². The SMILES string of the molecule is COc1nc(-c2cccc(-c3cccc(NC(=O)c4cn(C[C@H](C)O)c(=O)n(C)c4=O)c3C)c2Cl)cc2c1CCC2. The quantitative estimate of drug-likeness (QED) is 0.339. The molecular formula is C31H31ClN4O5. The zero-order valence-electron chi connectivity index (χ0n) is 23.3. The molecule has 2 aromatic heterocycles. The number of nitrogens with zero attached hydrogens (tertiary/aromatic N) is 3. The molecular weight excluding hydrogens is 544 g/mol. The normalized spacial score (nSPS) is 13.1. The lowest BCUT2D eigenvalue weighted by Crippen LogP contribution is -2.42. The standard InChI is InChI=1S/C31H31ClN4O5/c1-17(37)15-36-16-24(30(39)35(3)31(36)40)28(38)33-25-13-7-9-20(18(25)2)22-11-6-12-23(27(22)32)26-14-19-8-5-10-21(19)29(34-26)41-4/h6-7,9,11-14,16-17,37H,5,8,10,15H2,1-4H3,(H,33,38)/t17-/m0/s1. The molecule has 1 aliphatic carbocycles. The summed E-state index contributed by atoms with van der Waals surface area (Å²) in [5, 5.41) is 13.1. The number of aliphatic hydroxyl groups excluding tert-OH is 1. The monoisotopic (exact) mass is 574 g/mol. The number of halogens is 1. The number of amides is 1. The van der Waals surface area contributed by atoms with Crippen LogP contribution in [0.1, 0.15) is 40.4 Å². The van der Waals surface area contributed by atoms with Crippen molar-refractivity contribution in [2.75, 3.05) is 12.4 Å². The predicted molar refractivity (Wildman–Crippen MR) is 159 cm³/mol. The molecule has 5 rings (SSSR count). The minimum atomic E-state index is -0.839. The summed E-state index contributed by atoms with van der Waals surface area (Å²) in [6.07, 6.45) is 3.33. The van der Waals surface area contributed by atoms with Crippen molar-refractivity contribution in [2.45, 2.75) is 45.8 Å². The number of carbonyl (C=O) groups excluding carboxylic acids is 1. The number of ether oxygens (including phenoxy) is 1. The zero-order valence-corrected chi connectivity index (χ0v) is 24.1. The van der Waals surface area contributed by atoms with Gasteiger partial charge in [0.2, 0.25) is 5.88 Å². The van der Waals surface area contributed by atoms with Gasteiger partial charge < -0.3 is 15.2 Å². The van der Waals surface area contributed by atoms with Crippen LogP contribution in [0.2, 0.25) is 5.02 Å². The van der Waals surface area contributed by atoms with E-state index in [1.165, 1.54) is 25.7 Å². The van der Waals surface area contributed by atoms with Gasteiger partial charge in [0, 0.05) is 35.6 Å². The topological polar surface area (TPSA) is 115 Å². The van der Waals surface area contributed by atoms with Gasteiger partial charge in [-0.15, -0.1) is 0 Å². The van der Waals surface area contributed by atoms with E-state index in [9.17, 15) is 19.5 Å². The lowest BCUT2D eigenvalue weighted by molar-refractivity contribution is 0.102. The molecule has 0 bridgehead atoms. The summed E-state index contributed by atoms with van der Waals surface area (Å²) in [5.41, 5.74) is 5.12. The minimum absolute atomic E-state index is 0.0540. The van der Waals surface area contributed by atoms with Gasteiger partial charge in [0.15, 0.2) is 0 Å². The van der Waals surface area contributed by atoms with E-state index in [0.717, 1.165) is 61.9 Å². The van der Waals surface area contributed by atoms with Crippen LogP contribution < -0.4 is 21.3 Å². The zero-order chi connectivity index (χ0) is 29.4. The molecule has 41 heavy (non-hydrogen) atoms. The first kappa shape index (κ1) is 28.3.